The summed E-state index contributed by atoms with van der Waals surface area (Å²) in [7, 11) is 0. The van der Waals surface area contributed by atoms with Crippen LogP contribution in [0.15, 0.2) is 11.6 Å². The lowest BCUT2D eigenvalue weighted by Crippen LogP contribution is -1.86. The minimum absolute atomic E-state index is 0.323. The lowest BCUT2D eigenvalue weighted by molar-refractivity contribution is 0.282. The van der Waals surface area contributed by atoms with E-state index in [0.717, 1.165) is 6.42 Å². The van der Waals surface area contributed by atoms with Gasteiger partial charge in [-0.1, -0.05) is 18.6 Å². The Labute approximate surface area is 43.7 Å². The van der Waals surface area contributed by atoms with E-state index in [1.54, 1.807) is 0 Å². The van der Waals surface area contributed by atoms with Gasteiger partial charge in [-0.25, -0.2) is 0 Å². The predicted octanol–water partition coefficient (Wildman–Crippen LogP) is 0.945. The van der Waals surface area contributed by atoms with Gasteiger partial charge < -0.3 is 5.11 Å². The van der Waals surface area contributed by atoms with E-state index in [0.29, 0.717) is 12.5 Å². The van der Waals surface area contributed by atoms with Gasteiger partial charge >= 0.3 is 0 Å². The molecule has 0 saturated carbocycles. The molecule has 0 fully saturated rings. The van der Waals surface area contributed by atoms with Crippen LogP contribution in [0.5, 0.6) is 0 Å². The van der Waals surface area contributed by atoms with Crippen LogP contribution in [0.4, 0.5) is 0 Å². The van der Waals surface area contributed by atoms with Gasteiger partial charge in [0.1, 0.15) is 0 Å². The molecule has 1 rings (SSSR count). The number of aliphatic hydroxyl groups is 1. The Morgan fingerprint density at radius 1 is 1.86 bits per heavy atom. The summed E-state index contributed by atoms with van der Waals surface area (Å²) in [4.78, 5) is 0. The lowest BCUT2D eigenvalue weighted by atomic mass is 10.3. The monoisotopic (exact) mass is 98.1 g/mol. The first-order chi connectivity index (χ1) is 3.38. The van der Waals surface area contributed by atoms with Crippen molar-refractivity contribution in [3.63, 3.8) is 0 Å². The fraction of sp³-hybridized carbons (Fsp3) is 0.667. The molecule has 0 bridgehead atoms. The van der Waals surface area contributed by atoms with Gasteiger partial charge in [0.2, 0.25) is 0 Å². The van der Waals surface area contributed by atoms with Crippen molar-refractivity contribution in [1.82, 2.24) is 0 Å². The molecular formula is C6H10O. The minimum atomic E-state index is 0.323. The van der Waals surface area contributed by atoms with Crippen molar-refractivity contribution in [2.45, 2.75) is 13.3 Å². The van der Waals surface area contributed by atoms with E-state index in [1.807, 2.05) is 0 Å². The second-order valence-electron chi connectivity index (χ2n) is 1.88. The van der Waals surface area contributed by atoms with Gasteiger partial charge in [-0.15, -0.1) is 0 Å². The summed E-state index contributed by atoms with van der Waals surface area (Å²) in [6.07, 6.45) is 3.23. The van der Waals surface area contributed by atoms with Crippen LogP contribution in [0.3, 0.4) is 0 Å². The first kappa shape index (κ1) is 4.85. The van der Waals surface area contributed by atoms with Gasteiger partial charge in [0.25, 0.3) is 0 Å². The number of hydrogen-bond donors (Lipinski definition) is 1. The van der Waals surface area contributed by atoms with E-state index in [4.69, 9.17) is 5.11 Å². The molecule has 0 radical (unpaired) electrons. The standard InChI is InChI=1S/C6H10O/c1-2-5-3-6(5)4-7/h3,6-7H,2,4H2,1H3. The number of aliphatic hydroxyl groups excluding tert-OH is 1. The van der Waals surface area contributed by atoms with Crippen LogP contribution in [0, 0.1) is 5.92 Å². The Morgan fingerprint density at radius 3 is 2.71 bits per heavy atom. The third kappa shape index (κ3) is 0.829. The van der Waals surface area contributed by atoms with Crippen LogP contribution in [0.2, 0.25) is 0 Å². The second kappa shape index (κ2) is 1.66. The smallest absolute Gasteiger partial charge is 0.0531 e. The Kier molecular flexibility index (Phi) is 1.15. The zero-order chi connectivity index (χ0) is 5.28. The van der Waals surface area contributed by atoms with E-state index >= 15 is 0 Å². The van der Waals surface area contributed by atoms with Crippen molar-refractivity contribution >= 4 is 0 Å². The molecule has 40 valence electrons. The second-order valence-corrected chi connectivity index (χ2v) is 1.88. The van der Waals surface area contributed by atoms with Crippen LogP contribution in [0.1, 0.15) is 13.3 Å². The average molecular weight is 98.1 g/mol. The SMILES string of the molecule is CCC1=CC1CO. The third-order valence-electron chi connectivity index (χ3n) is 1.39. The van der Waals surface area contributed by atoms with E-state index in [-0.39, 0.29) is 0 Å². The highest BCUT2D eigenvalue weighted by Gasteiger charge is 2.20. The Bertz CT molecular complexity index is 94.4. The minimum Gasteiger partial charge on any atom is -0.395 e. The summed E-state index contributed by atoms with van der Waals surface area (Å²) in [6, 6.07) is 0. The normalized spacial score (nSPS) is 27.1. The summed E-state index contributed by atoms with van der Waals surface area (Å²) in [5, 5.41) is 8.46. The van der Waals surface area contributed by atoms with E-state index in [2.05, 4.69) is 13.0 Å². The maximum atomic E-state index is 8.46. The molecule has 0 heterocycles. The van der Waals surface area contributed by atoms with Gasteiger partial charge in [0.15, 0.2) is 0 Å². The van der Waals surface area contributed by atoms with E-state index in [9.17, 15) is 0 Å². The largest absolute Gasteiger partial charge is 0.395 e. The zero-order valence-corrected chi connectivity index (χ0v) is 4.52. The topological polar surface area (TPSA) is 20.2 Å². The highest BCUT2D eigenvalue weighted by Crippen LogP contribution is 2.30. The molecule has 1 N–H and O–H groups in total. The maximum absolute atomic E-state index is 8.46. The van der Waals surface area contributed by atoms with Gasteiger partial charge in [-0.3, -0.25) is 0 Å². The molecule has 1 aliphatic rings. The van der Waals surface area contributed by atoms with E-state index in [1.165, 1.54) is 5.57 Å². The molecule has 1 heteroatoms. The summed E-state index contributed by atoms with van der Waals surface area (Å²) in [5.74, 6) is 0.463. The third-order valence-corrected chi connectivity index (χ3v) is 1.39. The Morgan fingerprint density at radius 2 is 2.57 bits per heavy atom. The average Bonchev–Trinajstić information content (AvgIpc) is 2.43. The van der Waals surface area contributed by atoms with Crippen molar-refractivity contribution < 1.29 is 5.11 Å². The van der Waals surface area contributed by atoms with Crippen molar-refractivity contribution in [2.24, 2.45) is 5.92 Å². The summed E-state index contributed by atoms with van der Waals surface area (Å²) in [6.45, 7) is 2.44. The van der Waals surface area contributed by atoms with Crippen molar-refractivity contribution in [2.75, 3.05) is 6.61 Å². The quantitative estimate of drug-likeness (QED) is 0.510. The van der Waals surface area contributed by atoms with E-state index < -0.39 is 0 Å². The molecule has 1 atom stereocenters. The Balaban J connectivity index is 2.14. The maximum Gasteiger partial charge on any atom is 0.0531 e. The summed E-state index contributed by atoms with van der Waals surface area (Å²) >= 11 is 0. The fourth-order valence-corrected chi connectivity index (χ4v) is 0.760. The molecule has 0 spiro atoms. The van der Waals surface area contributed by atoms with Crippen LogP contribution in [0.25, 0.3) is 0 Å². The molecule has 0 aromatic carbocycles. The molecule has 0 aliphatic heterocycles. The van der Waals surface area contributed by atoms with Crippen LogP contribution in [-0.2, 0) is 0 Å². The van der Waals surface area contributed by atoms with Crippen molar-refractivity contribution in [3.8, 4) is 0 Å². The van der Waals surface area contributed by atoms with Gasteiger partial charge in [-0.05, 0) is 6.42 Å². The highest BCUT2D eigenvalue weighted by molar-refractivity contribution is 5.28. The van der Waals surface area contributed by atoms with Crippen molar-refractivity contribution in [3.05, 3.63) is 11.6 Å². The van der Waals surface area contributed by atoms with Crippen LogP contribution < -0.4 is 0 Å². The number of hydrogen-bond acceptors (Lipinski definition) is 1. The fourth-order valence-electron chi connectivity index (χ4n) is 0.760. The number of rotatable bonds is 2. The molecule has 0 amide bonds. The molecule has 1 aliphatic carbocycles. The first-order valence-electron chi connectivity index (χ1n) is 2.70. The molecule has 7 heavy (non-hydrogen) atoms. The molecule has 0 saturated heterocycles. The first-order valence-corrected chi connectivity index (χ1v) is 2.70. The van der Waals surface area contributed by atoms with Crippen LogP contribution >= 0.6 is 0 Å². The van der Waals surface area contributed by atoms with Gasteiger partial charge in [-0.2, -0.15) is 0 Å². The van der Waals surface area contributed by atoms with Crippen molar-refractivity contribution in [1.29, 1.82) is 0 Å². The molecule has 0 aromatic heterocycles. The summed E-state index contributed by atoms with van der Waals surface area (Å²) < 4.78 is 0. The lowest BCUT2D eigenvalue weighted by Gasteiger charge is -1.86. The highest BCUT2D eigenvalue weighted by atomic mass is 16.3. The molecule has 0 aromatic rings. The molecule has 1 unspecified atom stereocenters. The predicted molar refractivity (Wildman–Crippen MR) is 28.9 cm³/mol. The van der Waals surface area contributed by atoms with Crippen LogP contribution in [-0.4, -0.2) is 11.7 Å². The zero-order valence-electron chi connectivity index (χ0n) is 4.52. The summed E-state index contributed by atoms with van der Waals surface area (Å²) in [5.41, 5.74) is 1.42. The molecular weight excluding hydrogens is 88.1 g/mol. The molecule has 1 nitrogen and oxygen atoms in total. The van der Waals surface area contributed by atoms with Gasteiger partial charge in [0, 0.05) is 5.92 Å². The Hall–Kier alpha value is -0.300. The van der Waals surface area contributed by atoms with Gasteiger partial charge in [0.05, 0.1) is 6.61 Å².